The Balaban J connectivity index is 0.626. The van der Waals surface area contributed by atoms with Gasteiger partial charge < -0.3 is 42.6 Å². The molecule has 12 aliphatic carbocycles. The number of rotatable bonds is 24. The normalized spacial score (nSPS) is 30.4. The molecule has 19 heteroatoms. The topological polar surface area (TPSA) is 134 Å². The molecule has 12 aliphatic rings. The van der Waals surface area contributed by atoms with Crippen LogP contribution in [0.3, 0.4) is 0 Å². The Bertz CT molecular complexity index is 3570. The van der Waals surface area contributed by atoms with Crippen molar-refractivity contribution in [2.45, 2.75) is 169 Å². The van der Waals surface area contributed by atoms with Crippen molar-refractivity contribution < 1.29 is 57.0 Å². The summed E-state index contributed by atoms with van der Waals surface area (Å²) < 4.78 is 63.4. The van der Waals surface area contributed by atoms with Gasteiger partial charge in [0.25, 0.3) is 0 Å². The molecular formula is C81H87I6O12S+. The van der Waals surface area contributed by atoms with Gasteiger partial charge in [0.2, 0.25) is 0 Å². The van der Waals surface area contributed by atoms with E-state index in [4.69, 9.17) is 42.6 Å². The van der Waals surface area contributed by atoms with Crippen molar-refractivity contribution in [2.75, 3.05) is 19.8 Å². The van der Waals surface area contributed by atoms with Crippen molar-refractivity contribution in [1.82, 2.24) is 0 Å². The van der Waals surface area contributed by atoms with E-state index in [0.717, 1.165) is 71.6 Å². The Kier molecular flexibility index (Phi) is 21.7. The molecule has 12 fully saturated rings. The lowest BCUT2D eigenvalue weighted by molar-refractivity contribution is -0.226. The second-order valence-corrected chi connectivity index (χ2v) is 40.4. The van der Waals surface area contributed by atoms with Crippen LogP contribution in [0.15, 0.2) is 124 Å². The summed E-state index contributed by atoms with van der Waals surface area (Å²) in [5.41, 5.74) is -1.22. The van der Waals surface area contributed by atoms with E-state index >= 15 is 0 Å². The van der Waals surface area contributed by atoms with E-state index in [0.29, 0.717) is 87.3 Å². The lowest BCUT2D eigenvalue weighted by Crippen LogP contribution is -2.62. The maximum atomic E-state index is 13.7. The number of carbonyl (C=O) groups is 3. The first kappa shape index (κ1) is 72.8. The minimum Gasteiger partial charge on any atom is -0.481 e. The Morgan fingerprint density at radius 2 is 0.530 bits per heavy atom. The predicted molar refractivity (Wildman–Crippen MR) is 436 cm³/mol. The van der Waals surface area contributed by atoms with E-state index in [-0.39, 0.29) is 55.5 Å². The molecule has 0 radical (unpaired) electrons. The van der Waals surface area contributed by atoms with Crippen LogP contribution in [0, 0.1) is 110 Å². The summed E-state index contributed by atoms with van der Waals surface area (Å²) in [5, 5.41) is 0. The monoisotopic (exact) mass is 2050 g/mol. The summed E-state index contributed by atoms with van der Waals surface area (Å²) in [6.07, 6.45) is 18.1. The highest BCUT2D eigenvalue weighted by Gasteiger charge is 2.64. The summed E-state index contributed by atoms with van der Waals surface area (Å²) in [6.45, 7) is 13.0. The summed E-state index contributed by atoms with van der Waals surface area (Å²) in [7, 11) is -0.598. The molecule has 12 bridgehead atoms. The van der Waals surface area contributed by atoms with Gasteiger partial charge in [0.05, 0.1) is 32.3 Å². The van der Waals surface area contributed by atoms with Crippen molar-refractivity contribution in [3.63, 3.8) is 0 Å². The molecule has 0 N–H and O–H groups in total. The van der Waals surface area contributed by atoms with Crippen molar-refractivity contribution in [3.8, 4) is 51.7 Å². The summed E-state index contributed by atoms with van der Waals surface area (Å²) in [4.78, 5) is 44.4. The third-order valence-corrected chi connectivity index (χ3v) is 32.0. The molecule has 0 saturated heterocycles. The van der Waals surface area contributed by atoms with Gasteiger partial charge in [-0.2, -0.15) is 0 Å². The van der Waals surface area contributed by atoms with Crippen LogP contribution in [0.25, 0.3) is 0 Å². The lowest BCUT2D eigenvalue weighted by atomic mass is 9.47. The minimum atomic E-state index is -0.598. The Hall–Kier alpha value is -2.74. The highest BCUT2D eigenvalue weighted by molar-refractivity contribution is 14.1. The summed E-state index contributed by atoms with van der Waals surface area (Å²) >= 11 is 13.6. The van der Waals surface area contributed by atoms with Crippen molar-refractivity contribution in [2.24, 2.45) is 88.8 Å². The first-order valence-corrected chi connectivity index (χ1v) is 43.8. The van der Waals surface area contributed by atoms with Crippen molar-refractivity contribution in [1.29, 1.82) is 0 Å². The van der Waals surface area contributed by atoms with Crippen LogP contribution in [0.4, 0.5) is 0 Å². The molecule has 12 nitrogen and oxygen atoms in total. The average Bonchev–Trinajstić information content (AvgIpc) is 0.732. The predicted octanol–water partition coefficient (Wildman–Crippen LogP) is 22.1. The average molecular weight is 2050 g/mol. The van der Waals surface area contributed by atoms with Crippen LogP contribution in [-0.4, -0.2) is 54.5 Å². The van der Waals surface area contributed by atoms with E-state index in [1.165, 1.54) is 96.3 Å². The number of hydrogen-bond acceptors (Lipinski definition) is 12. The van der Waals surface area contributed by atoms with Gasteiger partial charge in [-0.1, -0.05) is 41.5 Å². The summed E-state index contributed by atoms with van der Waals surface area (Å²) in [5.74, 6) is 13.1. The molecule has 18 rings (SSSR count). The van der Waals surface area contributed by atoms with Gasteiger partial charge in [0.1, 0.15) is 68.5 Å². The highest BCUT2D eigenvalue weighted by Crippen LogP contribution is 2.65. The Morgan fingerprint density at radius 3 is 0.740 bits per heavy atom. The van der Waals surface area contributed by atoms with E-state index in [9.17, 15) is 14.4 Å². The first-order valence-electron chi connectivity index (χ1n) is 36.1. The number of carbonyl (C=O) groups excluding carboxylic acids is 3. The number of halogens is 6. The van der Waals surface area contributed by atoms with Gasteiger partial charge >= 0.3 is 17.9 Å². The van der Waals surface area contributed by atoms with Crippen LogP contribution in [0.2, 0.25) is 0 Å². The molecule has 12 saturated carbocycles. The SMILES string of the molecule is CC(C)C1(OC(=O)COc2cc(I)c(Oc3ccc([S+](c4ccc(Oc5cc(I)c(OCC(=O)OC6(C(C)C)C7CC8CC(C7)CC6C8)cc5I)cc4)c4ccc(Oc5cc(I)c(OCC(=O)OC6(C(C)C)C7CC8CC(C7)CC6C8)cc5I)cc4)cc3)cc2I)C2CC3CC(C2)CC1C3. The second kappa shape index (κ2) is 29.8. The van der Waals surface area contributed by atoms with E-state index in [1.807, 2.05) is 72.8 Å². The molecule has 0 unspecified atom stereocenters. The largest absolute Gasteiger partial charge is 0.481 e. The third kappa shape index (κ3) is 14.3. The van der Waals surface area contributed by atoms with Crippen LogP contribution in [-0.2, 0) is 39.5 Å². The van der Waals surface area contributed by atoms with Gasteiger partial charge in [-0.3, -0.25) is 0 Å². The van der Waals surface area contributed by atoms with Gasteiger partial charge in [-0.15, -0.1) is 0 Å². The molecule has 0 heterocycles. The van der Waals surface area contributed by atoms with Crippen molar-refractivity contribution >= 4 is 164 Å². The van der Waals surface area contributed by atoms with E-state index in [1.54, 1.807) is 0 Å². The quantitative estimate of drug-likeness (QED) is 0.0247. The van der Waals surface area contributed by atoms with Gasteiger partial charge in [-0.05, 0) is 430 Å². The van der Waals surface area contributed by atoms with Crippen LogP contribution in [0.1, 0.15) is 138 Å². The van der Waals surface area contributed by atoms with Gasteiger partial charge in [-0.25, -0.2) is 14.4 Å². The molecule has 0 aliphatic heterocycles. The fraction of sp³-hybridized carbons (Fsp3) is 0.519. The smallest absolute Gasteiger partial charge is 0.344 e. The molecule has 0 spiro atoms. The maximum absolute atomic E-state index is 13.7. The molecule has 100 heavy (non-hydrogen) atoms. The Labute approximate surface area is 673 Å². The molecule has 530 valence electrons. The fourth-order valence-corrected chi connectivity index (χ4v) is 26.8. The molecule has 0 atom stereocenters. The maximum Gasteiger partial charge on any atom is 0.344 e. The minimum absolute atomic E-state index is 0.142. The number of ether oxygens (including phenoxy) is 9. The van der Waals surface area contributed by atoms with Crippen molar-refractivity contribution in [3.05, 3.63) is 131 Å². The van der Waals surface area contributed by atoms with E-state index in [2.05, 4.69) is 213 Å². The standard InChI is InChI=1S/C81H87I6O12S/c1-43(2)79(52-22-46-19-47(24-52)25-53(79)23-46)97-76(88)40-91-70-34-67(85)73(37-64(70)82)94-58-7-13-61(14-8-58)100(62-15-9-59(10-16-62)95-74-38-65(83)71(35-68(74)86)92-41-77(89)98-80(44(3)4)54-26-48-20-49(28-54)29-55(80)27-48)63-17-11-60(12-18-63)96-75-39-66(84)72(36-69(75)87)93-42-78(90)99-81(45(5)6)56-30-50-21-51(32-56)33-57(81)31-50/h7-18,34-39,43-57H,19-33,40-42H2,1-6H3/q+1. The third-order valence-electron chi connectivity index (χ3n) is 24.7. The number of benzene rings is 6. The molecular weight excluding hydrogens is 1960 g/mol. The molecule has 6 aromatic rings. The molecule has 0 amide bonds. The zero-order valence-electron chi connectivity index (χ0n) is 57.4. The number of hydrogen-bond donors (Lipinski definition) is 0. The van der Waals surface area contributed by atoms with E-state index < -0.39 is 27.7 Å². The second-order valence-electron chi connectivity index (χ2n) is 31.4. The first-order chi connectivity index (χ1) is 48.0. The molecule has 6 aromatic carbocycles. The highest BCUT2D eigenvalue weighted by atomic mass is 127. The van der Waals surface area contributed by atoms with Crippen LogP contribution in [0.5, 0.6) is 51.7 Å². The van der Waals surface area contributed by atoms with Gasteiger partial charge in [0.15, 0.2) is 34.5 Å². The Morgan fingerprint density at radius 1 is 0.330 bits per heavy atom. The fourth-order valence-electron chi connectivity index (χ4n) is 21.4. The molecule has 0 aromatic heterocycles. The summed E-state index contributed by atoms with van der Waals surface area (Å²) in [6, 6.07) is 36.5. The zero-order chi connectivity index (χ0) is 69.7. The van der Waals surface area contributed by atoms with Crippen LogP contribution >= 0.6 is 136 Å². The number of esters is 3. The zero-order valence-corrected chi connectivity index (χ0v) is 71.1. The van der Waals surface area contributed by atoms with Gasteiger partial charge in [0, 0.05) is 0 Å². The lowest BCUT2D eigenvalue weighted by Gasteiger charge is -2.61. The van der Waals surface area contributed by atoms with Crippen LogP contribution < -0.4 is 28.4 Å².